The number of aryl methyl sites for hydroxylation is 1. The van der Waals surface area contributed by atoms with Gasteiger partial charge in [-0.2, -0.15) is 0 Å². The van der Waals surface area contributed by atoms with Crippen LogP contribution >= 0.6 is 24.0 Å². The van der Waals surface area contributed by atoms with Crippen LogP contribution in [-0.2, 0) is 6.54 Å². The first-order chi connectivity index (χ1) is 8.72. The fourth-order valence-corrected chi connectivity index (χ4v) is 1.59. The Morgan fingerprint density at radius 3 is 2.63 bits per heavy atom. The van der Waals surface area contributed by atoms with E-state index >= 15 is 0 Å². The van der Waals surface area contributed by atoms with Gasteiger partial charge >= 0.3 is 0 Å². The Kier molecular flexibility index (Phi) is 10.6. The van der Waals surface area contributed by atoms with Gasteiger partial charge in [0.25, 0.3) is 0 Å². The number of nitrogens with zero attached hydrogens (tertiary/aromatic N) is 3. The lowest BCUT2D eigenvalue weighted by Crippen LogP contribution is -2.38. The molecular weight excluding hydrogens is 353 g/mol. The number of guanidine groups is 1. The summed E-state index contributed by atoms with van der Waals surface area (Å²) >= 11 is 0. The van der Waals surface area contributed by atoms with Gasteiger partial charge in [-0.1, -0.05) is 13.8 Å². The highest BCUT2D eigenvalue weighted by molar-refractivity contribution is 14.0. The maximum Gasteiger partial charge on any atom is 0.190 e. The average molecular weight is 379 g/mol. The van der Waals surface area contributed by atoms with E-state index in [0.717, 1.165) is 44.4 Å². The number of nitrogens with one attached hydrogen (secondary N) is 2. The summed E-state index contributed by atoms with van der Waals surface area (Å²) in [5, 5.41) is 6.62. The molecule has 0 aliphatic heterocycles. The van der Waals surface area contributed by atoms with E-state index in [2.05, 4.69) is 39.0 Å². The van der Waals surface area contributed by atoms with Crippen molar-refractivity contribution in [2.45, 2.75) is 33.2 Å². The first-order valence-corrected chi connectivity index (χ1v) is 6.62. The molecule has 0 aromatic carbocycles. The molecule has 1 aromatic heterocycles. The Labute approximate surface area is 133 Å². The van der Waals surface area contributed by atoms with Gasteiger partial charge in [-0.05, 0) is 18.8 Å². The van der Waals surface area contributed by atoms with Gasteiger partial charge in [-0.3, -0.25) is 4.99 Å². The lowest BCUT2D eigenvalue weighted by molar-refractivity contribution is 0.570. The molecule has 19 heavy (non-hydrogen) atoms. The number of hydrogen-bond donors (Lipinski definition) is 2. The zero-order valence-electron chi connectivity index (χ0n) is 12.1. The Bertz CT molecular complexity index is 335. The monoisotopic (exact) mass is 379 g/mol. The van der Waals surface area contributed by atoms with Gasteiger partial charge in [0.1, 0.15) is 0 Å². The largest absolute Gasteiger partial charge is 0.356 e. The zero-order chi connectivity index (χ0) is 13.2. The fourth-order valence-electron chi connectivity index (χ4n) is 1.59. The van der Waals surface area contributed by atoms with Crippen LogP contribution < -0.4 is 10.6 Å². The molecule has 0 saturated heterocycles. The van der Waals surface area contributed by atoms with Crippen molar-refractivity contribution in [2.75, 3.05) is 20.1 Å². The first kappa shape index (κ1) is 18.2. The highest BCUT2D eigenvalue weighted by Gasteiger charge is 1.98. The third-order valence-electron chi connectivity index (χ3n) is 2.68. The number of rotatable bonds is 7. The second kappa shape index (κ2) is 11.1. The van der Waals surface area contributed by atoms with Gasteiger partial charge in [0, 0.05) is 39.1 Å². The van der Waals surface area contributed by atoms with Gasteiger partial charge in [-0.15, -0.1) is 24.0 Å². The molecule has 0 radical (unpaired) electrons. The highest BCUT2D eigenvalue weighted by atomic mass is 127. The molecule has 0 spiro atoms. The van der Waals surface area contributed by atoms with E-state index in [0.29, 0.717) is 0 Å². The molecule has 0 aliphatic carbocycles. The summed E-state index contributed by atoms with van der Waals surface area (Å²) in [5.41, 5.74) is 0. The van der Waals surface area contributed by atoms with Crippen LogP contribution in [0.3, 0.4) is 0 Å². The van der Waals surface area contributed by atoms with E-state index in [9.17, 15) is 0 Å². The summed E-state index contributed by atoms with van der Waals surface area (Å²) in [4.78, 5) is 8.21. The lowest BCUT2D eigenvalue weighted by atomic mass is 10.1. The van der Waals surface area contributed by atoms with Crippen molar-refractivity contribution in [1.29, 1.82) is 0 Å². The normalized spacial score (nSPS) is 11.3. The van der Waals surface area contributed by atoms with Crippen molar-refractivity contribution in [3.8, 4) is 0 Å². The van der Waals surface area contributed by atoms with Crippen molar-refractivity contribution in [2.24, 2.45) is 10.9 Å². The number of halogens is 1. The number of hydrogen-bond acceptors (Lipinski definition) is 2. The summed E-state index contributed by atoms with van der Waals surface area (Å²) in [6, 6.07) is 0. The van der Waals surface area contributed by atoms with E-state index < -0.39 is 0 Å². The third kappa shape index (κ3) is 8.85. The maximum atomic E-state index is 4.19. The Morgan fingerprint density at radius 2 is 2.05 bits per heavy atom. The molecule has 110 valence electrons. The number of aromatic nitrogens is 2. The average Bonchev–Trinajstić information content (AvgIpc) is 2.84. The van der Waals surface area contributed by atoms with Crippen LogP contribution in [0.1, 0.15) is 26.7 Å². The maximum absolute atomic E-state index is 4.19. The lowest BCUT2D eigenvalue weighted by Gasteiger charge is -2.12. The van der Waals surface area contributed by atoms with E-state index in [-0.39, 0.29) is 24.0 Å². The number of aliphatic imine (C=N–C) groups is 1. The van der Waals surface area contributed by atoms with Crippen LogP contribution in [0.2, 0.25) is 0 Å². The summed E-state index contributed by atoms with van der Waals surface area (Å²) in [6.45, 7) is 7.32. The fraction of sp³-hybridized carbons (Fsp3) is 0.692. The minimum absolute atomic E-state index is 0. The smallest absolute Gasteiger partial charge is 0.190 e. The van der Waals surface area contributed by atoms with Crippen molar-refractivity contribution in [1.82, 2.24) is 20.2 Å². The van der Waals surface area contributed by atoms with E-state index in [1.54, 1.807) is 13.2 Å². The minimum atomic E-state index is 0. The summed E-state index contributed by atoms with van der Waals surface area (Å²) < 4.78 is 2.08. The summed E-state index contributed by atoms with van der Waals surface area (Å²) in [6.07, 6.45) is 7.85. The first-order valence-electron chi connectivity index (χ1n) is 6.62. The molecule has 1 aromatic rings. The molecule has 6 heteroatoms. The van der Waals surface area contributed by atoms with Gasteiger partial charge in [0.2, 0.25) is 0 Å². The Morgan fingerprint density at radius 1 is 1.32 bits per heavy atom. The molecule has 2 N–H and O–H groups in total. The molecule has 0 fully saturated rings. The van der Waals surface area contributed by atoms with Crippen LogP contribution in [-0.4, -0.2) is 35.6 Å². The third-order valence-corrected chi connectivity index (χ3v) is 2.68. The second-order valence-electron chi connectivity index (χ2n) is 4.76. The van der Waals surface area contributed by atoms with Crippen LogP contribution in [0.4, 0.5) is 0 Å². The molecule has 0 unspecified atom stereocenters. The Hall–Kier alpha value is -0.790. The van der Waals surface area contributed by atoms with E-state index in [1.807, 2.05) is 12.5 Å². The van der Waals surface area contributed by atoms with E-state index in [1.165, 1.54) is 0 Å². The molecule has 5 nitrogen and oxygen atoms in total. The number of imidazole rings is 1. The molecule has 0 bridgehead atoms. The van der Waals surface area contributed by atoms with Crippen LogP contribution in [0.15, 0.2) is 23.7 Å². The summed E-state index contributed by atoms with van der Waals surface area (Å²) in [5.74, 6) is 1.61. The van der Waals surface area contributed by atoms with Gasteiger partial charge < -0.3 is 15.2 Å². The summed E-state index contributed by atoms with van der Waals surface area (Å²) in [7, 11) is 1.81. The molecule has 0 aliphatic rings. The highest BCUT2D eigenvalue weighted by Crippen LogP contribution is 1.96. The van der Waals surface area contributed by atoms with Gasteiger partial charge in [-0.25, -0.2) is 4.98 Å². The minimum Gasteiger partial charge on any atom is -0.356 e. The molecule has 0 atom stereocenters. The van der Waals surface area contributed by atoms with Crippen molar-refractivity contribution in [3.63, 3.8) is 0 Å². The van der Waals surface area contributed by atoms with Crippen molar-refractivity contribution in [3.05, 3.63) is 18.7 Å². The topological polar surface area (TPSA) is 54.2 Å². The van der Waals surface area contributed by atoms with Crippen molar-refractivity contribution < 1.29 is 0 Å². The van der Waals surface area contributed by atoms with Crippen LogP contribution in [0, 0.1) is 5.92 Å². The molecule has 0 amide bonds. The predicted molar refractivity (Wildman–Crippen MR) is 91.1 cm³/mol. The van der Waals surface area contributed by atoms with E-state index in [4.69, 9.17) is 0 Å². The molecule has 1 heterocycles. The predicted octanol–water partition coefficient (Wildman–Crippen LogP) is 2.10. The van der Waals surface area contributed by atoms with Gasteiger partial charge in [0.15, 0.2) is 5.96 Å². The van der Waals surface area contributed by atoms with Crippen LogP contribution in [0.25, 0.3) is 0 Å². The molecule has 1 rings (SSSR count). The van der Waals surface area contributed by atoms with Crippen LogP contribution in [0.5, 0.6) is 0 Å². The quantitative estimate of drug-likeness (QED) is 0.330. The van der Waals surface area contributed by atoms with Crippen molar-refractivity contribution >= 4 is 29.9 Å². The Balaban J connectivity index is 0.00000324. The zero-order valence-corrected chi connectivity index (χ0v) is 14.4. The second-order valence-corrected chi connectivity index (χ2v) is 4.76. The SMILES string of the molecule is CN=C(NCCCn1ccnc1)NCCC(C)C.I. The molecular formula is C13H26IN5. The molecule has 0 saturated carbocycles. The standard InChI is InChI=1S/C13H25N5.HI/c1-12(2)5-7-17-13(14-3)16-6-4-9-18-10-8-15-11-18;/h8,10-12H,4-7,9H2,1-3H3,(H2,14,16,17);1H. The van der Waals surface area contributed by atoms with Gasteiger partial charge in [0.05, 0.1) is 6.33 Å².